The van der Waals surface area contributed by atoms with Crippen molar-refractivity contribution in [1.29, 1.82) is 0 Å². The highest BCUT2D eigenvalue weighted by molar-refractivity contribution is 6.33. The van der Waals surface area contributed by atoms with Gasteiger partial charge in [-0.2, -0.15) is 0 Å². The van der Waals surface area contributed by atoms with Crippen LogP contribution in [-0.2, 0) is 22.7 Å². The van der Waals surface area contributed by atoms with Crippen LogP contribution in [0.4, 0.5) is 11.6 Å². The average Bonchev–Trinajstić information content (AvgIpc) is 3.92. The van der Waals surface area contributed by atoms with E-state index in [2.05, 4.69) is 64.5 Å². The molecular formula is C41H50ClN9O3. The first kappa shape index (κ1) is 35.6. The highest BCUT2D eigenvalue weighted by Crippen LogP contribution is 2.35. The zero-order chi connectivity index (χ0) is 36.8. The molecule has 2 amide bonds. The number of hydrogen-bond donors (Lipinski definition) is 4. The van der Waals surface area contributed by atoms with E-state index >= 15 is 0 Å². The molecule has 7 heterocycles. The van der Waals surface area contributed by atoms with E-state index in [0.717, 1.165) is 94.6 Å². The summed E-state index contributed by atoms with van der Waals surface area (Å²) in [6.07, 6.45) is 9.57. The molecule has 0 aliphatic carbocycles. The third-order valence-corrected chi connectivity index (χ3v) is 12.9. The molecule has 284 valence electrons. The quantitative estimate of drug-likeness (QED) is 0.180. The Bertz CT molecular complexity index is 2020. The highest BCUT2D eigenvalue weighted by Gasteiger charge is 2.38. The van der Waals surface area contributed by atoms with E-state index in [4.69, 9.17) is 16.6 Å². The second kappa shape index (κ2) is 14.9. The molecule has 2 aromatic carbocycles. The van der Waals surface area contributed by atoms with Crippen molar-refractivity contribution in [2.45, 2.75) is 75.7 Å². The molecule has 0 spiro atoms. The van der Waals surface area contributed by atoms with Crippen LogP contribution in [0.5, 0.6) is 0 Å². The van der Waals surface area contributed by atoms with Crippen LogP contribution in [0.1, 0.15) is 56.1 Å². The fraction of sp³-hybridized carbons (Fsp3) is 0.512. The molecule has 4 aromatic rings. The van der Waals surface area contributed by atoms with Crippen LogP contribution in [0.15, 0.2) is 54.9 Å². The number of likely N-dealkylation sites (tertiary alicyclic amines) is 2. The normalized spacial score (nSPS) is 24.3. The number of aliphatic hydroxyl groups is 1. The Balaban J connectivity index is 0.715. The first-order chi connectivity index (χ1) is 26.2. The van der Waals surface area contributed by atoms with Gasteiger partial charge in [-0.25, -0.2) is 9.97 Å². The lowest BCUT2D eigenvalue weighted by atomic mass is 9.89. The van der Waals surface area contributed by atoms with Crippen molar-refractivity contribution in [3.8, 4) is 11.3 Å². The Labute approximate surface area is 321 Å². The molecule has 4 saturated heterocycles. The maximum atomic E-state index is 12.5. The topological polar surface area (TPSA) is 133 Å². The number of piperidine rings is 3. The smallest absolute Gasteiger partial charge is 0.243 e. The summed E-state index contributed by atoms with van der Waals surface area (Å²) < 4.78 is 0. The number of aromatic amines is 1. The van der Waals surface area contributed by atoms with Crippen molar-refractivity contribution in [3.63, 3.8) is 0 Å². The maximum Gasteiger partial charge on any atom is 0.243 e. The van der Waals surface area contributed by atoms with Crippen LogP contribution in [0.3, 0.4) is 0 Å². The summed E-state index contributed by atoms with van der Waals surface area (Å²) in [5.74, 6) is 0.929. The van der Waals surface area contributed by atoms with Crippen LogP contribution in [0.2, 0.25) is 5.02 Å². The number of imide groups is 1. The molecule has 0 bridgehead atoms. The number of aromatic nitrogens is 3. The molecule has 2 aromatic heterocycles. The molecule has 9 rings (SSSR count). The lowest BCUT2D eigenvalue weighted by Gasteiger charge is -2.42. The number of benzene rings is 2. The molecule has 1 unspecified atom stereocenters. The minimum absolute atomic E-state index is 0.156. The van der Waals surface area contributed by atoms with E-state index in [-0.39, 0.29) is 23.9 Å². The summed E-state index contributed by atoms with van der Waals surface area (Å²) in [4.78, 5) is 46.4. The molecule has 0 saturated carbocycles. The fourth-order valence-electron chi connectivity index (χ4n) is 9.49. The van der Waals surface area contributed by atoms with Crippen LogP contribution in [-0.4, -0.2) is 117 Å². The van der Waals surface area contributed by atoms with Crippen LogP contribution < -0.4 is 15.5 Å². The number of amides is 2. The summed E-state index contributed by atoms with van der Waals surface area (Å²) in [6, 6.07) is 14.9. The molecule has 0 radical (unpaired) electrons. The van der Waals surface area contributed by atoms with E-state index < -0.39 is 5.60 Å². The predicted molar refractivity (Wildman–Crippen MR) is 210 cm³/mol. The Morgan fingerprint density at radius 3 is 2.59 bits per heavy atom. The van der Waals surface area contributed by atoms with Gasteiger partial charge < -0.3 is 25.2 Å². The zero-order valence-electron chi connectivity index (χ0n) is 30.8. The number of anilines is 2. The number of rotatable bonds is 9. The van der Waals surface area contributed by atoms with E-state index in [0.29, 0.717) is 42.0 Å². The lowest BCUT2D eigenvalue weighted by molar-refractivity contribution is -0.137. The number of β-amino-alcohol motifs (C(OH)–C–C–N with tert-alkyl or cyclic N) is 1. The summed E-state index contributed by atoms with van der Waals surface area (Å²) in [5, 5.41) is 19.3. The van der Waals surface area contributed by atoms with Gasteiger partial charge in [0, 0.05) is 106 Å². The summed E-state index contributed by atoms with van der Waals surface area (Å²) in [5.41, 5.74) is 5.93. The van der Waals surface area contributed by atoms with Gasteiger partial charge in [-0.05, 0) is 73.8 Å². The Morgan fingerprint density at radius 1 is 0.944 bits per heavy atom. The van der Waals surface area contributed by atoms with Crippen molar-refractivity contribution >= 4 is 46.0 Å². The monoisotopic (exact) mass is 751 g/mol. The molecule has 4 fully saturated rings. The second-order valence-electron chi connectivity index (χ2n) is 16.3. The standard InChI is InChI=1S/C41H50ClN9O3/c42-34-21-44-40(47-38(34)33-20-43-35-4-2-1-3-32(33)35)45-30-11-14-49(25-30)26-41(54)12-17-48(18-13-41)22-27-9-15-50(16-10-27)31-6-5-28-23-51(24-29(28)19-31)36-7-8-37(52)46-39(36)53/h1-6,19-21,27,30,36,43,54H,7-18,22-26H2,(H,44,45,47)(H,46,52,53)/t30-,36?/m1/s1. The van der Waals surface area contributed by atoms with E-state index in [1.807, 2.05) is 24.4 Å². The molecule has 12 nitrogen and oxygen atoms in total. The number of hydrogen-bond acceptors (Lipinski definition) is 10. The summed E-state index contributed by atoms with van der Waals surface area (Å²) >= 11 is 6.57. The number of nitrogens with zero attached hydrogens (tertiary/aromatic N) is 6. The van der Waals surface area contributed by atoms with Gasteiger partial charge in [-0.15, -0.1) is 0 Å². The van der Waals surface area contributed by atoms with Gasteiger partial charge >= 0.3 is 0 Å². The van der Waals surface area contributed by atoms with Gasteiger partial charge in [0.2, 0.25) is 17.8 Å². The minimum atomic E-state index is -0.657. The van der Waals surface area contributed by atoms with E-state index in [9.17, 15) is 14.7 Å². The molecule has 2 atom stereocenters. The second-order valence-corrected chi connectivity index (χ2v) is 16.7. The van der Waals surface area contributed by atoms with Gasteiger partial charge in [0.15, 0.2) is 0 Å². The van der Waals surface area contributed by atoms with Gasteiger partial charge in [0.05, 0.1) is 28.6 Å². The molecule has 5 aliphatic heterocycles. The number of halogens is 1. The third kappa shape index (κ3) is 7.46. The lowest BCUT2D eigenvalue weighted by Crippen LogP contribution is -2.52. The van der Waals surface area contributed by atoms with E-state index in [1.54, 1.807) is 6.20 Å². The maximum absolute atomic E-state index is 12.5. The fourth-order valence-corrected chi connectivity index (χ4v) is 9.68. The number of carbonyl (C=O) groups is 2. The van der Waals surface area contributed by atoms with E-state index in [1.165, 1.54) is 29.7 Å². The number of H-pyrrole nitrogens is 1. The van der Waals surface area contributed by atoms with Crippen molar-refractivity contribution in [2.24, 2.45) is 5.92 Å². The number of carbonyl (C=O) groups excluding carboxylic acids is 2. The predicted octanol–water partition coefficient (Wildman–Crippen LogP) is 4.63. The Hall–Kier alpha value is -4.07. The van der Waals surface area contributed by atoms with Gasteiger partial charge in [-0.1, -0.05) is 35.9 Å². The minimum Gasteiger partial charge on any atom is -0.388 e. The van der Waals surface area contributed by atoms with Gasteiger partial charge in [-0.3, -0.25) is 24.7 Å². The molecular weight excluding hydrogens is 702 g/mol. The van der Waals surface area contributed by atoms with Crippen LogP contribution >= 0.6 is 11.6 Å². The van der Waals surface area contributed by atoms with Crippen LogP contribution in [0.25, 0.3) is 22.2 Å². The number of para-hydroxylation sites is 1. The van der Waals surface area contributed by atoms with Crippen molar-refractivity contribution in [1.82, 2.24) is 35.0 Å². The first-order valence-corrected chi connectivity index (χ1v) is 20.1. The number of nitrogens with one attached hydrogen (secondary N) is 3. The summed E-state index contributed by atoms with van der Waals surface area (Å²) in [6.45, 7) is 9.09. The van der Waals surface area contributed by atoms with Gasteiger partial charge in [0.1, 0.15) is 0 Å². The largest absolute Gasteiger partial charge is 0.388 e. The van der Waals surface area contributed by atoms with Crippen molar-refractivity contribution in [2.75, 3.05) is 62.6 Å². The average molecular weight is 752 g/mol. The van der Waals surface area contributed by atoms with Crippen molar-refractivity contribution in [3.05, 3.63) is 71.0 Å². The molecule has 5 aliphatic rings. The molecule has 13 heteroatoms. The first-order valence-electron chi connectivity index (χ1n) is 19.7. The van der Waals surface area contributed by atoms with Crippen molar-refractivity contribution < 1.29 is 14.7 Å². The molecule has 54 heavy (non-hydrogen) atoms. The van der Waals surface area contributed by atoms with Crippen LogP contribution in [0, 0.1) is 5.92 Å². The Morgan fingerprint density at radius 2 is 1.76 bits per heavy atom. The Kier molecular flexibility index (Phi) is 9.81. The summed E-state index contributed by atoms with van der Waals surface area (Å²) in [7, 11) is 0. The molecule has 4 N–H and O–H groups in total. The highest BCUT2D eigenvalue weighted by atomic mass is 35.5. The van der Waals surface area contributed by atoms with Gasteiger partial charge in [0.25, 0.3) is 0 Å². The zero-order valence-corrected chi connectivity index (χ0v) is 31.5. The third-order valence-electron chi connectivity index (χ3n) is 12.6. The number of fused-ring (bicyclic) bond motifs is 2. The SMILES string of the molecule is O=C1CCC(N2Cc3ccc(N4CCC(CN5CCC(O)(CN6CC[C@@H](Nc7ncc(Cl)c(-c8c[nH]c9ccccc89)n7)C6)CC5)CC4)cc3C2)C(=O)N1.